The average Bonchev–Trinajstić information content (AvgIpc) is 2.66. The number of aromatic nitrogens is 2. The SMILES string of the molecule is CCNC(C)C(C)c1c([N+](=O)[O-])c(C(C)C)nn1C. The molecular formula is C13H24N4O2. The lowest BCUT2D eigenvalue weighted by molar-refractivity contribution is -0.386. The fraction of sp³-hybridized carbons (Fsp3) is 0.769. The van der Waals surface area contributed by atoms with Gasteiger partial charge in [-0.2, -0.15) is 5.10 Å². The second-order valence-electron chi connectivity index (χ2n) is 5.29. The van der Waals surface area contributed by atoms with Gasteiger partial charge >= 0.3 is 5.69 Å². The molecule has 1 aromatic rings. The number of aryl methyl sites for hydroxylation is 1. The Bertz CT molecular complexity index is 454. The van der Waals surface area contributed by atoms with E-state index in [9.17, 15) is 10.1 Å². The van der Waals surface area contributed by atoms with E-state index in [2.05, 4.69) is 10.4 Å². The minimum atomic E-state index is -0.299. The number of nitrogens with one attached hydrogen (secondary N) is 1. The van der Waals surface area contributed by atoms with Gasteiger partial charge in [0.15, 0.2) is 0 Å². The summed E-state index contributed by atoms with van der Waals surface area (Å²) in [7, 11) is 1.78. The predicted molar refractivity (Wildman–Crippen MR) is 75.5 cm³/mol. The third-order valence-corrected chi connectivity index (χ3v) is 3.53. The van der Waals surface area contributed by atoms with Crippen molar-refractivity contribution in [2.24, 2.45) is 7.05 Å². The van der Waals surface area contributed by atoms with Crippen LogP contribution in [0.3, 0.4) is 0 Å². The smallest absolute Gasteiger partial charge is 0.313 e. The lowest BCUT2D eigenvalue weighted by Gasteiger charge is -2.20. The Hall–Kier alpha value is -1.43. The first kappa shape index (κ1) is 15.6. The van der Waals surface area contributed by atoms with Crippen LogP contribution in [-0.4, -0.2) is 27.3 Å². The minimum Gasteiger partial charge on any atom is -0.314 e. The van der Waals surface area contributed by atoms with E-state index in [0.29, 0.717) is 11.4 Å². The topological polar surface area (TPSA) is 73.0 Å². The van der Waals surface area contributed by atoms with Gasteiger partial charge in [-0.1, -0.05) is 27.7 Å². The first-order chi connectivity index (χ1) is 8.81. The minimum absolute atomic E-state index is 0.0327. The molecule has 6 heteroatoms. The standard InChI is InChI=1S/C13H24N4O2/c1-7-14-10(5)9(4)12-13(17(18)19)11(8(2)3)15-16(12)6/h8-10,14H,7H2,1-6H3. The molecule has 0 aliphatic rings. The first-order valence-corrected chi connectivity index (χ1v) is 6.75. The summed E-state index contributed by atoms with van der Waals surface area (Å²) >= 11 is 0. The molecule has 0 fully saturated rings. The van der Waals surface area contributed by atoms with Gasteiger partial charge in [-0.15, -0.1) is 0 Å². The van der Waals surface area contributed by atoms with Crippen molar-refractivity contribution in [3.63, 3.8) is 0 Å². The van der Waals surface area contributed by atoms with Crippen molar-refractivity contribution in [1.82, 2.24) is 15.1 Å². The van der Waals surface area contributed by atoms with Crippen molar-refractivity contribution in [1.29, 1.82) is 0 Å². The van der Waals surface area contributed by atoms with E-state index in [4.69, 9.17) is 0 Å². The van der Waals surface area contributed by atoms with E-state index < -0.39 is 0 Å². The van der Waals surface area contributed by atoms with Crippen LogP contribution in [0.25, 0.3) is 0 Å². The molecule has 0 aliphatic carbocycles. The first-order valence-electron chi connectivity index (χ1n) is 6.75. The molecule has 19 heavy (non-hydrogen) atoms. The van der Waals surface area contributed by atoms with E-state index >= 15 is 0 Å². The molecule has 0 spiro atoms. The van der Waals surface area contributed by atoms with Gasteiger partial charge in [0.2, 0.25) is 0 Å². The van der Waals surface area contributed by atoms with Crippen LogP contribution in [0.2, 0.25) is 0 Å². The Morgan fingerprint density at radius 1 is 1.37 bits per heavy atom. The van der Waals surface area contributed by atoms with E-state index in [1.165, 1.54) is 0 Å². The molecule has 0 saturated heterocycles. The Labute approximate surface area is 114 Å². The zero-order valence-electron chi connectivity index (χ0n) is 12.6. The molecule has 2 unspecified atom stereocenters. The van der Waals surface area contributed by atoms with Gasteiger partial charge in [-0.05, 0) is 13.5 Å². The van der Waals surface area contributed by atoms with Crippen molar-refractivity contribution in [2.75, 3.05) is 6.54 Å². The molecule has 0 radical (unpaired) electrons. The monoisotopic (exact) mass is 268 g/mol. The molecule has 6 nitrogen and oxygen atoms in total. The van der Waals surface area contributed by atoms with Gasteiger partial charge in [0.1, 0.15) is 11.4 Å². The molecule has 0 saturated carbocycles. The lowest BCUT2D eigenvalue weighted by atomic mass is 9.96. The molecule has 1 aromatic heterocycles. The number of rotatable bonds is 6. The number of hydrogen-bond acceptors (Lipinski definition) is 4. The van der Waals surface area contributed by atoms with Crippen LogP contribution < -0.4 is 5.32 Å². The second kappa shape index (κ2) is 6.14. The normalized spacial score (nSPS) is 14.7. The summed E-state index contributed by atoms with van der Waals surface area (Å²) in [4.78, 5) is 11.1. The van der Waals surface area contributed by atoms with Crippen LogP contribution in [-0.2, 0) is 7.05 Å². The van der Waals surface area contributed by atoms with Crippen molar-refractivity contribution < 1.29 is 4.92 Å². The second-order valence-corrected chi connectivity index (χ2v) is 5.29. The van der Waals surface area contributed by atoms with Crippen LogP contribution in [0.1, 0.15) is 57.8 Å². The van der Waals surface area contributed by atoms with Crippen LogP contribution in [0, 0.1) is 10.1 Å². The van der Waals surface area contributed by atoms with Crippen LogP contribution in [0.5, 0.6) is 0 Å². The highest BCUT2D eigenvalue weighted by atomic mass is 16.6. The molecule has 1 heterocycles. The summed E-state index contributed by atoms with van der Waals surface area (Å²) in [5.41, 5.74) is 1.44. The predicted octanol–water partition coefficient (Wildman–Crippen LogP) is 2.55. The number of likely N-dealkylation sites (N-methyl/N-ethyl adjacent to an activating group) is 1. The molecule has 108 valence electrons. The number of nitrogens with zero attached hydrogens (tertiary/aromatic N) is 3. The van der Waals surface area contributed by atoms with E-state index in [0.717, 1.165) is 6.54 Å². The Balaban J connectivity index is 3.30. The summed E-state index contributed by atoms with van der Waals surface area (Å²) in [6, 6.07) is 0.166. The summed E-state index contributed by atoms with van der Waals surface area (Å²) in [6.45, 7) is 10.8. The van der Waals surface area contributed by atoms with E-state index in [1.807, 2.05) is 34.6 Å². The van der Waals surface area contributed by atoms with Gasteiger partial charge in [0.05, 0.1) is 4.92 Å². The van der Waals surface area contributed by atoms with Gasteiger partial charge in [-0.3, -0.25) is 14.8 Å². The molecule has 0 aliphatic heterocycles. The molecule has 2 atom stereocenters. The molecule has 1 rings (SSSR count). The Morgan fingerprint density at radius 2 is 1.95 bits per heavy atom. The van der Waals surface area contributed by atoms with Crippen LogP contribution >= 0.6 is 0 Å². The van der Waals surface area contributed by atoms with E-state index in [-0.39, 0.29) is 28.5 Å². The van der Waals surface area contributed by atoms with Crippen LogP contribution in [0.4, 0.5) is 5.69 Å². The average molecular weight is 268 g/mol. The van der Waals surface area contributed by atoms with Crippen molar-refractivity contribution in [3.05, 3.63) is 21.5 Å². The maximum Gasteiger partial charge on any atom is 0.313 e. The molecule has 0 bridgehead atoms. The third kappa shape index (κ3) is 3.12. The largest absolute Gasteiger partial charge is 0.314 e. The van der Waals surface area contributed by atoms with Crippen LogP contribution in [0.15, 0.2) is 0 Å². The van der Waals surface area contributed by atoms with Gasteiger partial charge in [0, 0.05) is 24.9 Å². The van der Waals surface area contributed by atoms with Crippen molar-refractivity contribution in [3.8, 4) is 0 Å². The number of hydrogen-bond donors (Lipinski definition) is 1. The maximum atomic E-state index is 11.4. The van der Waals surface area contributed by atoms with Crippen molar-refractivity contribution >= 4 is 5.69 Å². The number of nitro groups is 1. The zero-order chi connectivity index (χ0) is 14.7. The maximum absolute atomic E-state index is 11.4. The quantitative estimate of drug-likeness (QED) is 0.635. The lowest BCUT2D eigenvalue weighted by Crippen LogP contribution is -2.31. The fourth-order valence-corrected chi connectivity index (χ4v) is 2.37. The highest BCUT2D eigenvalue weighted by molar-refractivity contribution is 5.45. The third-order valence-electron chi connectivity index (χ3n) is 3.53. The van der Waals surface area contributed by atoms with Gasteiger partial charge in [0.25, 0.3) is 0 Å². The summed E-state index contributed by atoms with van der Waals surface area (Å²) < 4.78 is 1.66. The van der Waals surface area contributed by atoms with Gasteiger partial charge < -0.3 is 5.32 Å². The molecule has 0 amide bonds. The van der Waals surface area contributed by atoms with Gasteiger partial charge in [-0.25, -0.2) is 0 Å². The molecular weight excluding hydrogens is 244 g/mol. The summed E-state index contributed by atoms with van der Waals surface area (Å²) in [5.74, 6) is 0.0762. The zero-order valence-corrected chi connectivity index (χ0v) is 12.6. The highest BCUT2D eigenvalue weighted by Gasteiger charge is 2.32. The summed E-state index contributed by atoms with van der Waals surface area (Å²) in [6.07, 6.45) is 0. The van der Waals surface area contributed by atoms with Crippen molar-refractivity contribution in [2.45, 2.75) is 52.5 Å². The molecule has 1 N–H and O–H groups in total. The molecule has 0 aromatic carbocycles. The summed E-state index contributed by atoms with van der Waals surface area (Å²) in [5, 5.41) is 19.0. The Kier molecular flexibility index (Phi) is 5.05. The van der Waals surface area contributed by atoms with E-state index in [1.54, 1.807) is 11.7 Å². The Morgan fingerprint density at radius 3 is 2.37 bits per heavy atom. The highest BCUT2D eigenvalue weighted by Crippen LogP contribution is 2.34. The fourth-order valence-electron chi connectivity index (χ4n) is 2.37.